The summed E-state index contributed by atoms with van der Waals surface area (Å²) in [4.78, 5) is 0. The molecule has 0 fully saturated rings. The van der Waals surface area contributed by atoms with Crippen LogP contribution in [0.15, 0.2) is 18.2 Å². The molecule has 0 aromatic heterocycles. The molecule has 0 aliphatic rings. The third-order valence-corrected chi connectivity index (χ3v) is 4.63. The molecule has 0 aliphatic heterocycles. The average molecular weight is 364 g/mol. The van der Waals surface area contributed by atoms with Gasteiger partial charge in [0, 0.05) is 18.2 Å². The van der Waals surface area contributed by atoms with E-state index in [4.69, 9.17) is 9.47 Å². The van der Waals surface area contributed by atoms with Crippen LogP contribution >= 0.6 is 0 Å². The van der Waals surface area contributed by atoms with Gasteiger partial charge in [-0.25, -0.2) is 0 Å². The first-order valence-electron chi connectivity index (χ1n) is 10.9. The van der Waals surface area contributed by atoms with E-state index in [0.717, 1.165) is 50.6 Å². The van der Waals surface area contributed by atoms with Crippen molar-refractivity contribution >= 4 is 0 Å². The van der Waals surface area contributed by atoms with E-state index in [1.165, 1.54) is 56.9 Å². The molecular weight excluding hydrogens is 322 g/mol. The van der Waals surface area contributed by atoms with Gasteiger partial charge in [-0.3, -0.25) is 0 Å². The number of unbranched alkanes of at least 4 members (excludes halogenated alkanes) is 8. The van der Waals surface area contributed by atoms with Gasteiger partial charge in [0.2, 0.25) is 0 Å². The first-order valence-corrected chi connectivity index (χ1v) is 10.9. The van der Waals surface area contributed by atoms with E-state index < -0.39 is 0 Å². The van der Waals surface area contributed by atoms with E-state index in [2.05, 4.69) is 44.3 Å². The molecule has 0 heterocycles. The molecule has 0 amide bonds. The summed E-state index contributed by atoms with van der Waals surface area (Å²) in [5.41, 5.74) is 1.22. The molecule has 0 unspecified atom stereocenters. The summed E-state index contributed by atoms with van der Waals surface area (Å²) in [5, 5.41) is 3.39. The fourth-order valence-electron chi connectivity index (χ4n) is 2.95. The summed E-state index contributed by atoms with van der Waals surface area (Å²) in [7, 11) is 0. The number of rotatable bonds is 17. The zero-order chi connectivity index (χ0) is 18.9. The highest BCUT2D eigenvalue weighted by Gasteiger charge is 2.06. The predicted octanol–water partition coefficient (Wildman–Crippen LogP) is 6.49. The summed E-state index contributed by atoms with van der Waals surface area (Å²) in [6.45, 7) is 10.0. The quantitative estimate of drug-likeness (QED) is 0.321. The smallest absolute Gasteiger partial charge is 0.127 e. The molecule has 0 saturated heterocycles. The molecule has 1 rings (SSSR count). The first-order chi connectivity index (χ1) is 12.8. The molecule has 1 aromatic rings. The molecule has 0 bridgehead atoms. The Kier molecular flexibility index (Phi) is 14.0. The maximum absolute atomic E-state index is 6.09. The summed E-state index contributed by atoms with van der Waals surface area (Å²) in [5.74, 6) is 1.91. The first kappa shape index (κ1) is 22.8. The molecule has 3 heteroatoms. The van der Waals surface area contributed by atoms with E-state index in [-0.39, 0.29) is 0 Å². The number of hydrogen-bond acceptors (Lipinski definition) is 3. The molecule has 150 valence electrons. The average Bonchev–Trinajstić information content (AvgIpc) is 2.66. The Morgan fingerprint density at radius 3 is 1.96 bits per heavy atom. The lowest BCUT2D eigenvalue weighted by Gasteiger charge is -2.14. The van der Waals surface area contributed by atoms with Crippen LogP contribution in [0.4, 0.5) is 0 Å². The molecule has 0 saturated carbocycles. The van der Waals surface area contributed by atoms with Gasteiger partial charge in [-0.2, -0.15) is 0 Å². The summed E-state index contributed by atoms with van der Waals surface area (Å²) in [6.07, 6.45) is 12.6. The minimum absolute atomic E-state index is 0.795. The number of hydrogen-bond donors (Lipinski definition) is 1. The van der Waals surface area contributed by atoms with E-state index >= 15 is 0 Å². The summed E-state index contributed by atoms with van der Waals surface area (Å²) >= 11 is 0. The summed E-state index contributed by atoms with van der Waals surface area (Å²) < 4.78 is 12.0. The highest BCUT2D eigenvalue weighted by Crippen LogP contribution is 2.26. The van der Waals surface area contributed by atoms with Crippen molar-refractivity contribution in [2.45, 2.75) is 91.5 Å². The molecule has 0 atom stereocenters. The van der Waals surface area contributed by atoms with Crippen LogP contribution in [-0.2, 0) is 6.54 Å². The van der Waals surface area contributed by atoms with Gasteiger partial charge in [-0.05, 0) is 25.5 Å². The second-order valence-corrected chi connectivity index (χ2v) is 7.08. The van der Waals surface area contributed by atoms with Gasteiger partial charge in [0.05, 0.1) is 13.2 Å². The van der Waals surface area contributed by atoms with Crippen molar-refractivity contribution in [3.8, 4) is 11.5 Å². The minimum atomic E-state index is 0.795. The standard InChI is InChI=1S/C23H41NO2/c1-4-7-9-11-13-17-25-22-16-15-21(20-24-6-3)23(19-22)26-18-14-12-10-8-5-2/h15-16,19,24H,4-14,17-18,20H2,1-3H3. The van der Waals surface area contributed by atoms with Crippen LogP contribution in [0.2, 0.25) is 0 Å². The summed E-state index contributed by atoms with van der Waals surface area (Å²) in [6, 6.07) is 6.29. The van der Waals surface area contributed by atoms with Gasteiger partial charge >= 0.3 is 0 Å². The van der Waals surface area contributed by atoms with E-state index in [0.29, 0.717) is 0 Å². The maximum atomic E-state index is 6.09. The molecule has 0 aliphatic carbocycles. The van der Waals surface area contributed by atoms with Gasteiger partial charge in [0.25, 0.3) is 0 Å². The Labute approximate surface area is 161 Å². The van der Waals surface area contributed by atoms with Gasteiger partial charge in [-0.1, -0.05) is 78.2 Å². The fraction of sp³-hybridized carbons (Fsp3) is 0.739. The number of benzene rings is 1. The van der Waals surface area contributed by atoms with Gasteiger partial charge in [0.15, 0.2) is 0 Å². The van der Waals surface area contributed by atoms with E-state index in [1.54, 1.807) is 0 Å². The Hall–Kier alpha value is -1.22. The lowest BCUT2D eigenvalue weighted by molar-refractivity contribution is 0.287. The van der Waals surface area contributed by atoms with Crippen molar-refractivity contribution in [2.24, 2.45) is 0 Å². The van der Waals surface area contributed by atoms with E-state index in [1.807, 2.05) is 0 Å². The third-order valence-electron chi connectivity index (χ3n) is 4.63. The topological polar surface area (TPSA) is 30.5 Å². The Morgan fingerprint density at radius 1 is 0.731 bits per heavy atom. The number of ether oxygens (including phenoxy) is 2. The highest BCUT2D eigenvalue weighted by molar-refractivity contribution is 5.40. The molecule has 3 nitrogen and oxygen atoms in total. The molecule has 0 radical (unpaired) electrons. The van der Waals surface area contributed by atoms with Crippen molar-refractivity contribution in [3.63, 3.8) is 0 Å². The zero-order valence-corrected chi connectivity index (χ0v) is 17.4. The Balaban J connectivity index is 2.45. The minimum Gasteiger partial charge on any atom is -0.493 e. The van der Waals surface area contributed by atoms with Crippen LogP contribution in [0, 0.1) is 0 Å². The van der Waals surface area contributed by atoms with Crippen LogP contribution < -0.4 is 14.8 Å². The van der Waals surface area contributed by atoms with Gasteiger partial charge in [0.1, 0.15) is 11.5 Å². The van der Waals surface area contributed by atoms with Crippen molar-refractivity contribution in [1.82, 2.24) is 5.32 Å². The second-order valence-electron chi connectivity index (χ2n) is 7.08. The normalized spacial score (nSPS) is 10.9. The van der Waals surface area contributed by atoms with E-state index in [9.17, 15) is 0 Å². The zero-order valence-electron chi connectivity index (χ0n) is 17.4. The second kappa shape index (κ2) is 16.0. The van der Waals surface area contributed by atoms with Gasteiger partial charge in [-0.15, -0.1) is 0 Å². The SMILES string of the molecule is CCCCCCCOc1ccc(CNCC)c(OCCCCCCC)c1. The van der Waals surface area contributed by atoms with Crippen LogP contribution in [0.3, 0.4) is 0 Å². The van der Waals surface area contributed by atoms with Crippen LogP contribution in [0.25, 0.3) is 0 Å². The lowest BCUT2D eigenvalue weighted by Crippen LogP contribution is -2.13. The van der Waals surface area contributed by atoms with Crippen molar-refractivity contribution < 1.29 is 9.47 Å². The lowest BCUT2D eigenvalue weighted by atomic mass is 10.1. The van der Waals surface area contributed by atoms with Crippen LogP contribution in [0.5, 0.6) is 11.5 Å². The largest absolute Gasteiger partial charge is 0.493 e. The molecule has 1 N–H and O–H groups in total. The molecule has 1 aromatic carbocycles. The van der Waals surface area contributed by atoms with Crippen LogP contribution in [0.1, 0.15) is 90.5 Å². The Morgan fingerprint density at radius 2 is 1.35 bits per heavy atom. The van der Waals surface area contributed by atoms with Crippen molar-refractivity contribution in [3.05, 3.63) is 23.8 Å². The third kappa shape index (κ3) is 10.7. The Bertz CT molecular complexity index is 448. The number of nitrogens with one attached hydrogen (secondary N) is 1. The fourth-order valence-corrected chi connectivity index (χ4v) is 2.95. The predicted molar refractivity (Wildman–Crippen MR) is 112 cm³/mol. The molecular formula is C23H41NO2. The van der Waals surface area contributed by atoms with Crippen molar-refractivity contribution in [1.29, 1.82) is 0 Å². The van der Waals surface area contributed by atoms with Crippen molar-refractivity contribution in [2.75, 3.05) is 19.8 Å². The van der Waals surface area contributed by atoms with Crippen LogP contribution in [-0.4, -0.2) is 19.8 Å². The van der Waals surface area contributed by atoms with Gasteiger partial charge < -0.3 is 14.8 Å². The monoisotopic (exact) mass is 363 g/mol. The molecule has 0 spiro atoms. The highest BCUT2D eigenvalue weighted by atomic mass is 16.5. The molecule has 26 heavy (non-hydrogen) atoms. The maximum Gasteiger partial charge on any atom is 0.127 e.